The third-order valence-electron chi connectivity index (χ3n) is 3.03. The van der Waals surface area contributed by atoms with Crippen LogP contribution >= 0.6 is 0 Å². The molecule has 0 fully saturated rings. The number of fused-ring (bicyclic) bond motifs is 1. The van der Waals surface area contributed by atoms with Gasteiger partial charge < -0.3 is 4.74 Å². The molecule has 0 aromatic heterocycles. The van der Waals surface area contributed by atoms with Crippen molar-refractivity contribution in [2.24, 2.45) is 0 Å². The second-order valence-electron chi connectivity index (χ2n) is 4.58. The summed E-state index contributed by atoms with van der Waals surface area (Å²) in [6.45, 7) is -0.180. The minimum atomic E-state index is -4.45. The van der Waals surface area contributed by atoms with E-state index < -0.39 is 30.7 Å². The van der Waals surface area contributed by atoms with Gasteiger partial charge in [0.25, 0.3) is 0 Å². The van der Waals surface area contributed by atoms with E-state index in [4.69, 9.17) is 4.74 Å². The van der Waals surface area contributed by atoms with Crippen LogP contribution in [0.15, 0.2) is 18.2 Å². The summed E-state index contributed by atoms with van der Waals surface area (Å²) in [7, 11) is 0. The summed E-state index contributed by atoms with van der Waals surface area (Å²) in [6, 6.07) is 3.83. The molecule has 110 valence electrons. The van der Waals surface area contributed by atoms with Crippen molar-refractivity contribution in [3.8, 4) is 0 Å². The smallest absolute Gasteiger partial charge is 0.348 e. The third-order valence-corrected chi connectivity index (χ3v) is 3.03. The van der Waals surface area contributed by atoms with Crippen LogP contribution in [0, 0.1) is 5.82 Å². The number of anilines is 1. The van der Waals surface area contributed by atoms with E-state index in [0.717, 1.165) is 4.90 Å². The molecule has 2 rings (SSSR count). The molecule has 0 spiro atoms. The average molecular weight is 291 g/mol. The summed E-state index contributed by atoms with van der Waals surface area (Å²) in [5.41, 5.74) is 0.990. The van der Waals surface area contributed by atoms with Crippen molar-refractivity contribution in [3.05, 3.63) is 29.6 Å². The summed E-state index contributed by atoms with van der Waals surface area (Å²) < 4.78 is 54.6. The molecule has 1 atom stereocenters. The van der Waals surface area contributed by atoms with E-state index in [0.29, 0.717) is 17.7 Å². The number of halogens is 4. The Bertz CT molecular complexity index is 516. The van der Waals surface area contributed by atoms with Crippen LogP contribution in [0.2, 0.25) is 0 Å². The van der Waals surface area contributed by atoms with Crippen LogP contribution in [0.3, 0.4) is 0 Å². The summed E-state index contributed by atoms with van der Waals surface area (Å²) in [4.78, 5) is 12.8. The molecule has 0 radical (unpaired) electrons. The molecule has 3 nitrogen and oxygen atoms in total. The van der Waals surface area contributed by atoms with Gasteiger partial charge in [0.05, 0.1) is 0 Å². The molecule has 0 saturated carbocycles. The Labute approximate surface area is 113 Å². The molecule has 0 N–H and O–H groups in total. The lowest BCUT2D eigenvalue weighted by Crippen LogP contribution is -2.45. The minimum absolute atomic E-state index is 0.201. The first-order chi connectivity index (χ1) is 9.28. The number of aryl methyl sites for hydroxylation is 1. The number of hydrogen-bond donors (Lipinski definition) is 0. The fourth-order valence-corrected chi connectivity index (χ4v) is 2.27. The normalized spacial score (nSPS) is 18.9. The van der Waals surface area contributed by atoms with E-state index in [1.54, 1.807) is 0 Å². The highest BCUT2D eigenvalue weighted by molar-refractivity contribution is 5.93. The lowest BCUT2D eigenvalue weighted by Gasteiger charge is -2.36. The standard InChI is InChI=1S/C13H13F4NO2/c1-8(19)18-11-4-3-10(14)6-9(11)2-5-12(18)20-7-13(15,16)17/h3-4,6,12H,2,5,7H2,1H3. The molecule has 0 saturated heterocycles. The highest BCUT2D eigenvalue weighted by Gasteiger charge is 2.34. The van der Waals surface area contributed by atoms with E-state index in [-0.39, 0.29) is 6.42 Å². The number of rotatable bonds is 2. The van der Waals surface area contributed by atoms with Crippen LogP contribution in [0.4, 0.5) is 23.2 Å². The fourth-order valence-electron chi connectivity index (χ4n) is 2.27. The Hall–Kier alpha value is -1.63. The molecule has 1 aromatic carbocycles. The van der Waals surface area contributed by atoms with Crippen LogP contribution in [-0.2, 0) is 16.0 Å². The highest BCUT2D eigenvalue weighted by Crippen LogP contribution is 2.32. The number of carbonyl (C=O) groups excluding carboxylic acids is 1. The van der Waals surface area contributed by atoms with Crippen LogP contribution < -0.4 is 4.90 Å². The minimum Gasteiger partial charge on any atom is -0.348 e. The van der Waals surface area contributed by atoms with E-state index in [9.17, 15) is 22.4 Å². The second-order valence-corrected chi connectivity index (χ2v) is 4.58. The maximum Gasteiger partial charge on any atom is 0.411 e. The topological polar surface area (TPSA) is 29.5 Å². The van der Waals surface area contributed by atoms with Crippen molar-refractivity contribution in [3.63, 3.8) is 0 Å². The SMILES string of the molecule is CC(=O)N1c2ccc(F)cc2CCC1OCC(F)(F)F. The number of ether oxygens (including phenoxy) is 1. The van der Waals surface area contributed by atoms with Crippen LogP contribution in [0.1, 0.15) is 18.9 Å². The molecule has 1 aliphatic rings. The van der Waals surface area contributed by atoms with Gasteiger partial charge in [0.2, 0.25) is 5.91 Å². The van der Waals surface area contributed by atoms with Crippen LogP contribution in [-0.4, -0.2) is 24.9 Å². The van der Waals surface area contributed by atoms with E-state index >= 15 is 0 Å². The molecule has 1 heterocycles. The molecule has 20 heavy (non-hydrogen) atoms. The van der Waals surface area contributed by atoms with Gasteiger partial charge in [-0.2, -0.15) is 13.2 Å². The number of alkyl halides is 3. The largest absolute Gasteiger partial charge is 0.411 e. The molecule has 1 amide bonds. The number of amides is 1. The number of nitrogens with zero attached hydrogens (tertiary/aromatic N) is 1. The maximum atomic E-state index is 13.1. The molecule has 0 aliphatic carbocycles. The van der Waals surface area contributed by atoms with E-state index in [1.807, 2.05) is 0 Å². The zero-order chi connectivity index (χ0) is 14.9. The molecule has 7 heteroatoms. The summed E-state index contributed by atoms with van der Waals surface area (Å²) >= 11 is 0. The van der Waals surface area contributed by atoms with Crippen molar-refractivity contribution in [2.75, 3.05) is 11.5 Å². The number of benzene rings is 1. The predicted octanol–water partition coefficient (Wildman–Crippen LogP) is 3.03. The molecule has 1 aliphatic heterocycles. The van der Waals surface area contributed by atoms with Gasteiger partial charge in [-0.05, 0) is 36.6 Å². The Balaban J connectivity index is 2.24. The molecular formula is C13H13F4NO2. The van der Waals surface area contributed by atoms with Gasteiger partial charge >= 0.3 is 6.18 Å². The summed E-state index contributed by atoms with van der Waals surface area (Å²) in [6.07, 6.45) is -4.87. The second kappa shape index (κ2) is 5.40. The van der Waals surface area contributed by atoms with Crippen molar-refractivity contribution < 1.29 is 27.1 Å². The Morgan fingerprint density at radius 3 is 2.75 bits per heavy atom. The molecule has 0 bridgehead atoms. The van der Waals surface area contributed by atoms with Gasteiger partial charge in [-0.25, -0.2) is 4.39 Å². The first kappa shape index (κ1) is 14.8. The van der Waals surface area contributed by atoms with Gasteiger partial charge in [0.15, 0.2) is 0 Å². The third kappa shape index (κ3) is 3.27. The van der Waals surface area contributed by atoms with E-state index in [2.05, 4.69) is 0 Å². The Morgan fingerprint density at radius 1 is 1.45 bits per heavy atom. The first-order valence-electron chi connectivity index (χ1n) is 6.04. The van der Waals surface area contributed by atoms with Crippen LogP contribution in [0.5, 0.6) is 0 Å². The molecule has 1 aromatic rings. The molecular weight excluding hydrogens is 278 g/mol. The summed E-state index contributed by atoms with van der Waals surface area (Å²) in [5.74, 6) is -0.883. The number of hydrogen-bond acceptors (Lipinski definition) is 2. The zero-order valence-corrected chi connectivity index (χ0v) is 10.7. The highest BCUT2D eigenvalue weighted by atomic mass is 19.4. The van der Waals surface area contributed by atoms with Crippen LogP contribution in [0.25, 0.3) is 0 Å². The number of carbonyl (C=O) groups is 1. The van der Waals surface area contributed by atoms with Gasteiger partial charge in [-0.15, -0.1) is 0 Å². The summed E-state index contributed by atoms with van der Waals surface area (Å²) in [5, 5.41) is 0. The van der Waals surface area contributed by atoms with Crippen molar-refractivity contribution >= 4 is 11.6 Å². The zero-order valence-electron chi connectivity index (χ0n) is 10.7. The fraction of sp³-hybridized carbons (Fsp3) is 0.462. The van der Waals surface area contributed by atoms with Gasteiger partial charge in [-0.3, -0.25) is 9.69 Å². The average Bonchev–Trinajstić information content (AvgIpc) is 2.34. The van der Waals surface area contributed by atoms with E-state index in [1.165, 1.54) is 25.1 Å². The lowest BCUT2D eigenvalue weighted by atomic mass is 10.00. The predicted molar refractivity (Wildman–Crippen MR) is 63.7 cm³/mol. The first-order valence-corrected chi connectivity index (χ1v) is 6.04. The monoisotopic (exact) mass is 291 g/mol. The van der Waals surface area contributed by atoms with Crippen molar-refractivity contribution in [2.45, 2.75) is 32.2 Å². The Morgan fingerprint density at radius 2 is 2.15 bits per heavy atom. The lowest BCUT2D eigenvalue weighted by molar-refractivity contribution is -0.186. The van der Waals surface area contributed by atoms with Crippen molar-refractivity contribution in [1.29, 1.82) is 0 Å². The molecule has 1 unspecified atom stereocenters. The quantitative estimate of drug-likeness (QED) is 0.784. The van der Waals surface area contributed by atoms with Gasteiger partial charge in [-0.1, -0.05) is 0 Å². The van der Waals surface area contributed by atoms with Gasteiger partial charge in [0.1, 0.15) is 18.7 Å². The maximum absolute atomic E-state index is 13.1. The van der Waals surface area contributed by atoms with Crippen molar-refractivity contribution in [1.82, 2.24) is 0 Å². The van der Waals surface area contributed by atoms with Gasteiger partial charge in [0, 0.05) is 12.6 Å². The Kier molecular flexibility index (Phi) is 3.99.